The van der Waals surface area contributed by atoms with E-state index in [9.17, 15) is 28.8 Å². The minimum Gasteiger partial charge on any atom is -0.459 e. The van der Waals surface area contributed by atoms with Crippen molar-refractivity contribution < 1.29 is 37.9 Å². The van der Waals surface area contributed by atoms with Gasteiger partial charge in [0.2, 0.25) is 23.6 Å². The first-order valence-electron chi connectivity index (χ1n) is 29.9. The molecule has 1 aliphatic carbocycles. The molecule has 0 bridgehead atoms. The number of hydrogen-bond acceptors (Lipinski definition) is 14. The summed E-state index contributed by atoms with van der Waals surface area (Å²) in [5.41, 5.74) is 7.59. The second-order valence-corrected chi connectivity index (χ2v) is 24.8. The number of unbranched alkanes of at least 4 members (excludes halogenated alkanes) is 7. The highest BCUT2D eigenvalue weighted by Crippen LogP contribution is 2.41. The van der Waals surface area contributed by atoms with Gasteiger partial charge >= 0.3 is 5.97 Å². The monoisotopic (exact) mass is 1170 g/mol. The Hall–Kier alpha value is -7.59. The summed E-state index contributed by atoms with van der Waals surface area (Å²) in [6.45, 7) is 10.2. The molecule has 84 heavy (non-hydrogen) atoms. The Labute approximate surface area is 493 Å². The molecule has 10 rings (SSSR count). The largest absolute Gasteiger partial charge is 0.459 e. The number of esters is 1. The van der Waals surface area contributed by atoms with Crippen LogP contribution in [0.1, 0.15) is 150 Å². The van der Waals surface area contributed by atoms with Crippen molar-refractivity contribution in [1.29, 1.82) is 0 Å². The van der Waals surface area contributed by atoms with Crippen molar-refractivity contribution in [3.63, 3.8) is 0 Å². The molecule has 5 amide bonds. The van der Waals surface area contributed by atoms with E-state index >= 15 is 4.39 Å². The van der Waals surface area contributed by atoms with Gasteiger partial charge in [-0.3, -0.25) is 38.3 Å². The minimum absolute atomic E-state index is 0.0437. The summed E-state index contributed by atoms with van der Waals surface area (Å²) in [5, 5.41) is 19.2. The fraction of sp³-hybridized carbons (Fsp3) is 0.516. The number of benzene rings is 2. The summed E-state index contributed by atoms with van der Waals surface area (Å²) >= 11 is 1.57. The predicted molar refractivity (Wildman–Crippen MR) is 317 cm³/mol. The Morgan fingerprint density at radius 3 is 2.24 bits per heavy atom. The van der Waals surface area contributed by atoms with Gasteiger partial charge in [-0.2, -0.15) is 5.10 Å². The normalized spacial score (nSPS) is 18.5. The van der Waals surface area contributed by atoms with Crippen molar-refractivity contribution in [1.82, 2.24) is 60.2 Å². The molecule has 0 radical (unpaired) electrons. The molecule has 1 saturated carbocycles. The van der Waals surface area contributed by atoms with Gasteiger partial charge in [-0.15, -0.1) is 11.3 Å². The average Bonchev–Trinajstić information content (AvgIpc) is 2.67. The first-order chi connectivity index (χ1) is 40.6. The lowest BCUT2D eigenvalue weighted by molar-refractivity contribution is -0.151. The number of rotatable bonds is 24. The maximum Gasteiger partial charge on any atom is 0.323 e. The van der Waals surface area contributed by atoms with Crippen molar-refractivity contribution in [3.05, 3.63) is 101 Å². The Bertz CT molecular complexity index is 3290. The number of hydrogen-bond donors (Lipinski definition) is 5. The number of thiazole rings is 1. The predicted octanol–water partition coefficient (Wildman–Crippen LogP) is 8.61. The lowest BCUT2D eigenvalue weighted by atomic mass is 9.85. The summed E-state index contributed by atoms with van der Waals surface area (Å²) < 4.78 is 23.6. The number of likely N-dealkylation sites (tertiary alicyclic amines) is 1. The van der Waals surface area contributed by atoms with Gasteiger partial charge in [0.1, 0.15) is 30.0 Å². The van der Waals surface area contributed by atoms with Gasteiger partial charge in [0.15, 0.2) is 11.5 Å². The summed E-state index contributed by atoms with van der Waals surface area (Å²) in [5.74, 6) is -1.39. The number of nitrogens with zero attached hydrogens (tertiary/aromatic N) is 8. The van der Waals surface area contributed by atoms with Crippen molar-refractivity contribution in [2.75, 3.05) is 44.6 Å². The number of imidazole rings is 1. The van der Waals surface area contributed by atoms with Gasteiger partial charge < -0.3 is 40.7 Å². The van der Waals surface area contributed by atoms with E-state index in [1.165, 1.54) is 11.0 Å². The molecule has 4 aromatic heterocycles. The Morgan fingerprint density at radius 1 is 0.857 bits per heavy atom. The molecule has 4 fully saturated rings. The number of fused-ring (bicyclic) bond motifs is 1. The number of H-pyrrole nitrogens is 1. The Kier molecular flexibility index (Phi) is 19.1. The molecule has 3 saturated heterocycles. The van der Waals surface area contributed by atoms with E-state index in [2.05, 4.69) is 41.4 Å². The topological polar surface area (TPSA) is 241 Å². The Morgan fingerprint density at radius 2 is 1.58 bits per heavy atom. The number of amides is 5. The molecule has 6 aromatic rings. The van der Waals surface area contributed by atoms with Crippen LogP contribution in [0.15, 0.2) is 72.8 Å². The first-order valence-corrected chi connectivity index (χ1v) is 30.8. The maximum atomic E-state index is 15.7. The first kappa shape index (κ1) is 59.6. The smallest absolute Gasteiger partial charge is 0.323 e. The molecule has 1 unspecified atom stereocenters. The van der Waals surface area contributed by atoms with E-state index in [0.29, 0.717) is 62.8 Å². The molecule has 5 N–H and O–H groups in total. The number of nitrogens with one attached hydrogen (secondary N) is 5. The molecule has 4 aliphatic rings. The SMILES string of the molecule is Cc1ncsc1-c1ccc(CNC(=O)[C@@H]2C[C@@H](OC(=O)C3CCCN3)CN2C(=O)[C@@H](NC(=O)CCCCCCCCCCC(=O)N2CCN(C(=O)c3ccc(Nc4nc(C5CC5)cn5c(-c6cn[nH]c6)cnc45)c(F)c3)CC2)C(C)(C)C)cc1. The number of anilines is 2. The van der Waals surface area contributed by atoms with Gasteiger partial charge in [-0.25, -0.2) is 19.3 Å². The van der Waals surface area contributed by atoms with Crippen LogP contribution in [0.5, 0.6) is 0 Å². The van der Waals surface area contributed by atoms with Gasteiger partial charge in [-0.1, -0.05) is 83.6 Å². The zero-order valence-corrected chi connectivity index (χ0v) is 49.4. The molecule has 7 heterocycles. The van der Waals surface area contributed by atoms with E-state index in [0.717, 1.165) is 109 Å². The number of carbonyl (C=O) groups excluding carboxylic acids is 6. The van der Waals surface area contributed by atoms with Crippen LogP contribution >= 0.6 is 11.3 Å². The summed E-state index contributed by atoms with van der Waals surface area (Å²) in [6, 6.07) is 10.1. The van der Waals surface area contributed by atoms with E-state index in [-0.39, 0.29) is 72.7 Å². The lowest BCUT2D eigenvalue weighted by Gasteiger charge is -2.35. The zero-order valence-electron chi connectivity index (χ0n) is 48.6. The van der Waals surface area contributed by atoms with Gasteiger partial charge in [0.05, 0.1) is 52.1 Å². The number of piperazine rings is 1. The number of carbonyl (C=O) groups is 6. The highest BCUT2D eigenvalue weighted by atomic mass is 32.1. The van der Waals surface area contributed by atoms with E-state index < -0.39 is 35.5 Å². The fourth-order valence-corrected chi connectivity index (χ4v) is 12.3. The van der Waals surface area contributed by atoms with E-state index in [1.807, 2.05) is 73.0 Å². The highest BCUT2D eigenvalue weighted by Gasteiger charge is 2.46. The molecule has 3 aliphatic heterocycles. The van der Waals surface area contributed by atoms with Crippen LogP contribution in [0.3, 0.4) is 0 Å². The van der Waals surface area contributed by atoms with Crippen LogP contribution in [0.2, 0.25) is 0 Å². The van der Waals surface area contributed by atoms with Crippen LogP contribution in [0.25, 0.3) is 27.3 Å². The number of ether oxygens (including phenoxy) is 1. The van der Waals surface area contributed by atoms with Crippen LogP contribution in [-0.2, 0) is 35.3 Å². The van der Waals surface area contributed by atoms with Crippen molar-refractivity contribution >= 4 is 64.0 Å². The molecule has 4 atom stereocenters. The molecule has 20 nitrogen and oxygen atoms in total. The highest BCUT2D eigenvalue weighted by molar-refractivity contribution is 7.13. The Balaban J connectivity index is 0.615. The maximum absolute atomic E-state index is 15.7. The number of aromatic amines is 1. The lowest BCUT2D eigenvalue weighted by Crippen LogP contribution is -2.57. The van der Waals surface area contributed by atoms with Crippen LogP contribution in [0.4, 0.5) is 15.9 Å². The van der Waals surface area contributed by atoms with Crippen molar-refractivity contribution in [2.45, 2.75) is 161 Å². The third-order valence-corrected chi connectivity index (χ3v) is 17.5. The molecular weight excluding hydrogens is 1090 g/mol. The number of aryl methyl sites for hydroxylation is 1. The molecule has 22 heteroatoms. The second-order valence-electron chi connectivity index (χ2n) is 23.9. The van der Waals surface area contributed by atoms with Crippen LogP contribution in [0, 0.1) is 18.2 Å². The summed E-state index contributed by atoms with van der Waals surface area (Å²) in [4.78, 5) is 102. The average molecular weight is 1170 g/mol. The van der Waals surface area contributed by atoms with E-state index in [1.54, 1.807) is 47.0 Å². The van der Waals surface area contributed by atoms with Crippen LogP contribution < -0.4 is 21.3 Å². The minimum atomic E-state index is -0.917. The molecule has 2 aromatic carbocycles. The van der Waals surface area contributed by atoms with Crippen LogP contribution in [-0.4, -0.2) is 143 Å². The van der Waals surface area contributed by atoms with Gasteiger partial charge in [-0.05, 0) is 86.7 Å². The van der Waals surface area contributed by atoms with Gasteiger partial charge in [0, 0.05) is 81.4 Å². The summed E-state index contributed by atoms with van der Waals surface area (Å²) in [7, 11) is 0. The molecule has 0 spiro atoms. The third kappa shape index (κ3) is 14.7. The van der Waals surface area contributed by atoms with E-state index in [4.69, 9.17) is 9.72 Å². The fourth-order valence-electron chi connectivity index (χ4n) is 11.5. The quantitative estimate of drug-likeness (QED) is 0.0282. The standard InChI is InChI=1S/C62H78FN13O7S/c1-39-54(84-38-67-39)42-19-17-40(18-20-42)32-66-58(79)50-31-45(83-61(82)48-14-13-25-64-48)36-76(50)60(81)55(62(2,3)4)72-52(77)15-11-9-7-5-6-8-10-12-16-53(78)73-26-28-74(29-27-73)59(80)43-23-24-47(46(63)30-43)70-56-57-65-35-51(44-33-68-69-34-44)75(57)37-49(71-56)41-21-22-41/h17-20,23-24,30,33-35,37-38,41,45,48,50,55,64H,5-16,21-22,25-29,31-32,36H2,1-4H3,(H,66,79)(H,68,69)(H,70,71)(H,72,77)/t45-,48?,50+,55-/m1/s1. The number of halogens is 1. The molecular formula is C62H78FN13O7S. The number of aromatic nitrogens is 6. The third-order valence-electron chi connectivity index (χ3n) is 16.6. The second kappa shape index (κ2) is 27.0. The molecule has 446 valence electrons. The summed E-state index contributed by atoms with van der Waals surface area (Å²) in [6.07, 6.45) is 18.2. The zero-order chi connectivity index (χ0) is 58.9. The van der Waals surface area contributed by atoms with Crippen molar-refractivity contribution in [2.24, 2.45) is 5.41 Å². The van der Waals surface area contributed by atoms with Crippen molar-refractivity contribution in [3.8, 4) is 21.7 Å². The van der Waals surface area contributed by atoms with Gasteiger partial charge in [0.25, 0.3) is 5.91 Å².